The van der Waals surface area contributed by atoms with E-state index in [1.807, 2.05) is 6.92 Å². The summed E-state index contributed by atoms with van der Waals surface area (Å²) in [4.78, 5) is 0. The number of hydrogen-bond donors (Lipinski definition) is 2. The predicted molar refractivity (Wildman–Crippen MR) is 68.5 cm³/mol. The number of hydrogen-bond acceptors (Lipinski definition) is 3. The molecule has 0 aliphatic carbocycles. The number of halogens is 2. The highest BCUT2D eigenvalue weighted by molar-refractivity contribution is 6.31. The van der Waals surface area contributed by atoms with Crippen molar-refractivity contribution >= 4 is 11.6 Å². The number of benzene rings is 1. The third-order valence-corrected chi connectivity index (χ3v) is 3.21. The number of aromatic nitrogens is 2. The van der Waals surface area contributed by atoms with E-state index in [-0.39, 0.29) is 11.9 Å². The molecule has 0 saturated heterocycles. The average molecular weight is 269 g/mol. The number of aryl methyl sites for hydroxylation is 2. The maximum absolute atomic E-state index is 13.1. The molecule has 0 saturated carbocycles. The number of nitrogens with two attached hydrogens (primary N) is 1. The Hall–Kier alpha value is -1.43. The van der Waals surface area contributed by atoms with Crippen LogP contribution in [0.1, 0.15) is 22.9 Å². The highest BCUT2D eigenvalue weighted by Gasteiger charge is 2.21. The van der Waals surface area contributed by atoms with E-state index >= 15 is 0 Å². The summed E-state index contributed by atoms with van der Waals surface area (Å²) in [7, 11) is 1.78. The molecule has 96 valence electrons. The van der Waals surface area contributed by atoms with Crippen LogP contribution in [-0.4, -0.2) is 9.78 Å². The standard InChI is InChI=1S/C12H14ClFN4/c1-7-5-8(14)3-4-9(7)11(17-15)12-10(13)6-16-18(12)2/h3-6,11,17H,15H2,1-2H3. The Morgan fingerprint density at radius 3 is 2.72 bits per heavy atom. The number of nitrogens with zero attached hydrogens (tertiary/aromatic N) is 2. The van der Waals surface area contributed by atoms with Gasteiger partial charge in [-0.25, -0.2) is 9.82 Å². The Kier molecular flexibility index (Phi) is 3.65. The summed E-state index contributed by atoms with van der Waals surface area (Å²) in [6.45, 7) is 1.83. The van der Waals surface area contributed by atoms with Gasteiger partial charge in [0.05, 0.1) is 23.0 Å². The van der Waals surface area contributed by atoms with Crippen molar-refractivity contribution in [2.24, 2.45) is 12.9 Å². The van der Waals surface area contributed by atoms with Gasteiger partial charge in [-0.2, -0.15) is 5.10 Å². The highest BCUT2D eigenvalue weighted by Crippen LogP contribution is 2.29. The zero-order chi connectivity index (χ0) is 13.3. The molecule has 0 aliphatic heterocycles. The fourth-order valence-electron chi connectivity index (χ4n) is 2.02. The molecular weight excluding hydrogens is 255 g/mol. The quantitative estimate of drug-likeness (QED) is 0.662. The normalized spacial score (nSPS) is 12.7. The maximum atomic E-state index is 13.1. The zero-order valence-corrected chi connectivity index (χ0v) is 10.9. The Balaban J connectivity index is 2.52. The molecule has 1 atom stereocenters. The van der Waals surface area contributed by atoms with Crippen LogP contribution >= 0.6 is 11.6 Å². The van der Waals surface area contributed by atoms with Crippen LogP contribution in [0, 0.1) is 12.7 Å². The summed E-state index contributed by atoms with van der Waals surface area (Å²) in [5.41, 5.74) is 5.11. The lowest BCUT2D eigenvalue weighted by Crippen LogP contribution is -2.31. The highest BCUT2D eigenvalue weighted by atomic mass is 35.5. The Morgan fingerprint density at radius 2 is 2.22 bits per heavy atom. The van der Waals surface area contributed by atoms with Crippen molar-refractivity contribution in [2.75, 3.05) is 0 Å². The van der Waals surface area contributed by atoms with Crippen LogP contribution in [0.3, 0.4) is 0 Å². The maximum Gasteiger partial charge on any atom is 0.123 e. The van der Waals surface area contributed by atoms with E-state index in [2.05, 4.69) is 10.5 Å². The summed E-state index contributed by atoms with van der Waals surface area (Å²) in [6.07, 6.45) is 1.56. The summed E-state index contributed by atoms with van der Waals surface area (Å²) < 4.78 is 14.8. The van der Waals surface area contributed by atoms with Crippen LogP contribution in [-0.2, 0) is 7.05 Å². The first-order valence-electron chi connectivity index (χ1n) is 5.44. The van der Waals surface area contributed by atoms with Gasteiger partial charge in [-0.05, 0) is 30.2 Å². The third kappa shape index (κ3) is 2.25. The van der Waals surface area contributed by atoms with E-state index in [0.717, 1.165) is 16.8 Å². The van der Waals surface area contributed by atoms with Crippen LogP contribution in [0.25, 0.3) is 0 Å². The Labute approximate surface area is 110 Å². The van der Waals surface area contributed by atoms with Crippen LogP contribution in [0.4, 0.5) is 4.39 Å². The second kappa shape index (κ2) is 5.06. The number of rotatable bonds is 3. The SMILES string of the molecule is Cc1cc(F)ccc1C(NN)c1c(Cl)cnn1C. The molecule has 1 aromatic heterocycles. The van der Waals surface area contributed by atoms with Crippen molar-refractivity contribution < 1.29 is 4.39 Å². The molecule has 3 N–H and O–H groups in total. The van der Waals surface area contributed by atoms with Crippen molar-refractivity contribution in [3.8, 4) is 0 Å². The van der Waals surface area contributed by atoms with Gasteiger partial charge in [0, 0.05) is 7.05 Å². The number of nitrogens with one attached hydrogen (secondary N) is 1. The van der Waals surface area contributed by atoms with Gasteiger partial charge >= 0.3 is 0 Å². The molecule has 6 heteroatoms. The van der Waals surface area contributed by atoms with Crippen LogP contribution in [0.5, 0.6) is 0 Å². The van der Waals surface area contributed by atoms with Gasteiger partial charge in [0.15, 0.2) is 0 Å². The molecule has 18 heavy (non-hydrogen) atoms. The molecule has 4 nitrogen and oxygen atoms in total. The molecule has 0 fully saturated rings. The van der Waals surface area contributed by atoms with Crippen molar-refractivity contribution in [1.29, 1.82) is 0 Å². The van der Waals surface area contributed by atoms with Gasteiger partial charge < -0.3 is 0 Å². The molecule has 0 radical (unpaired) electrons. The molecule has 1 heterocycles. The van der Waals surface area contributed by atoms with Gasteiger partial charge in [0.25, 0.3) is 0 Å². The first-order chi connectivity index (χ1) is 8.54. The van der Waals surface area contributed by atoms with Crippen molar-refractivity contribution in [3.63, 3.8) is 0 Å². The first kappa shape index (κ1) is 13.0. The molecule has 2 aromatic rings. The predicted octanol–water partition coefficient (Wildman–Crippen LogP) is 2.07. The minimum atomic E-state index is -0.328. The largest absolute Gasteiger partial charge is 0.271 e. The molecule has 0 spiro atoms. The van der Waals surface area contributed by atoms with Crippen molar-refractivity contribution in [3.05, 3.63) is 52.1 Å². The molecule has 0 amide bonds. The van der Waals surface area contributed by atoms with Gasteiger partial charge in [0.2, 0.25) is 0 Å². The Morgan fingerprint density at radius 1 is 1.50 bits per heavy atom. The third-order valence-electron chi connectivity index (χ3n) is 2.92. The Bertz CT molecular complexity index is 548. The van der Waals surface area contributed by atoms with Crippen LogP contribution < -0.4 is 11.3 Å². The first-order valence-corrected chi connectivity index (χ1v) is 5.82. The summed E-state index contributed by atoms with van der Waals surface area (Å²) >= 11 is 6.10. The minimum absolute atomic E-state index is 0.275. The molecule has 1 aromatic carbocycles. The van der Waals surface area contributed by atoms with E-state index in [0.29, 0.717) is 5.02 Å². The lowest BCUT2D eigenvalue weighted by molar-refractivity contribution is 0.569. The van der Waals surface area contributed by atoms with Gasteiger partial charge in [0.1, 0.15) is 5.82 Å². The minimum Gasteiger partial charge on any atom is -0.271 e. The summed E-state index contributed by atoms with van der Waals surface area (Å²) in [6, 6.07) is 4.23. The summed E-state index contributed by atoms with van der Waals surface area (Å²) in [5, 5.41) is 4.59. The number of hydrazine groups is 1. The van der Waals surface area contributed by atoms with Crippen LogP contribution in [0.15, 0.2) is 24.4 Å². The molecule has 0 aliphatic rings. The van der Waals surface area contributed by atoms with Gasteiger partial charge in [-0.3, -0.25) is 10.5 Å². The van der Waals surface area contributed by atoms with Crippen LogP contribution in [0.2, 0.25) is 5.02 Å². The second-order valence-corrected chi connectivity index (χ2v) is 4.51. The summed E-state index contributed by atoms with van der Waals surface area (Å²) in [5.74, 6) is 5.32. The molecular formula is C12H14ClFN4. The zero-order valence-electron chi connectivity index (χ0n) is 10.1. The second-order valence-electron chi connectivity index (χ2n) is 4.10. The molecule has 0 bridgehead atoms. The fourth-order valence-corrected chi connectivity index (χ4v) is 2.30. The van der Waals surface area contributed by atoms with Gasteiger partial charge in [-0.1, -0.05) is 17.7 Å². The lowest BCUT2D eigenvalue weighted by atomic mass is 9.99. The monoisotopic (exact) mass is 268 g/mol. The average Bonchev–Trinajstić information content (AvgIpc) is 2.64. The van der Waals surface area contributed by atoms with E-state index in [1.54, 1.807) is 24.0 Å². The molecule has 2 rings (SSSR count). The molecule has 1 unspecified atom stereocenters. The van der Waals surface area contributed by atoms with Crippen molar-refractivity contribution in [1.82, 2.24) is 15.2 Å². The smallest absolute Gasteiger partial charge is 0.123 e. The lowest BCUT2D eigenvalue weighted by Gasteiger charge is -2.19. The fraction of sp³-hybridized carbons (Fsp3) is 0.250. The van der Waals surface area contributed by atoms with E-state index in [9.17, 15) is 4.39 Å². The van der Waals surface area contributed by atoms with E-state index < -0.39 is 0 Å². The van der Waals surface area contributed by atoms with Crippen molar-refractivity contribution in [2.45, 2.75) is 13.0 Å². The topological polar surface area (TPSA) is 55.9 Å². The van der Waals surface area contributed by atoms with Gasteiger partial charge in [-0.15, -0.1) is 0 Å². The van der Waals surface area contributed by atoms with E-state index in [1.165, 1.54) is 12.1 Å². The van der Waals surface area contributed by atoms with E-state index in [4.69, 9.17) is 17.4 Å².